The molecular weight excluding hydrogens is 252 g/mol. The highest BCUT2D eigenvalue weighted by Gasteiger charge is 2.22. The van der Waals surface area contributed by atoms with Gasteiger partial charge in [-0.2, -0.15) is 14.6 Å². The van der Waals surface area contributed by atoms with Gasteiger partial charge in [0.05, 0.1) is 0 Å². The van der Waals surface area contributed by atoms with Gasteiger partial charge in [-0.3, -0.25) is 0 Å². The standard InChI is InChI=1S/C14H22N6/c1-3-15-8-12-5-4-6-19(9-12)13-7-11(2)18-14-16-10-17-20(13)14/h7,10,12,15H,3-6,8-9H2,1-2H3. The van der Waals surface area contributed by atoms with E-state index in [1.54, 1.807) is 6.33 Å². The number of aryl methyl sites for hydroxylation is 1. The minimum Gasteiger partial charge on any atom is -0.356 e. The highest BCUT2D eigenvalue weighted by Crippen LogP contribution is 2.23. The van der Waals surface area contributed by atoms with Crippen LogP contribution in [0.1, 0.15) is 25.5 Å². The van der Waals surface area contributed by atoms with Gasteiger partial charge in [-0.1, -0.05) is 6.92 Å². The number of rotatable bonds is 4. The van der Waals surface area contributed by atoms with Crippen LogP contribution >= 0.6 is 0 Å². The lowest BCUT2D eigenvalue weighted by molar-refractivity contribution is 0.393. The molecular formula is C14H22N6. The van der Waals surface area contributed by atoms with Crippen molar-refractivity contribution in [1.29, 1.82) is 0 Å². The van der Waals surface area contributed by atoms with E-state index in [0.29, 0.717) is 11.7 Å². The second kappa shape index (κ2) is 5.75. The molecule has 1 fully saturated rings. The van der Waals surface area contributed by atoms with E-state index in [4.69, 9.17) is 0 Å². The van der Waals surface area contributed by atoms with Gasteiger partial charge in [0, 0.05) is 24.8 Å². The minimum atomic E-state index is 0.689. The normalized spacial score (nSPS) is 19.7. The molecule has 0 bridgehead atoms. The summed E-state index contributed by atoms with van der Waals surface area (Å²) in [5.74, 6) is 2.51. The fourth-order valence-corrected chi connectivity index (χ4v) is 2.92. The lowest BCUT2D eigenvalue weighted by Crippen LogP contribution is -2.40. The summed E-state index contributed by atoms with van der Waals surface area (Å²) >= 11 is 0. The number of nitrogens with one attached hydrogen (secondary N) is 1. The smallest absolute Gasteiger partial charge is 0.254 e. The van der Waals surface area contributed by atoms with Crippen molar-refractivity contribution >= 4 is 11.6 Å². The Balaban J connectivity index is 1.84. The van der Waals surface area contributed by atoms with E-state index < -0.39 is 0 Å². The van der Waals surface area contributed by atoms with Crippen molar-refractivity contribution in [3.63, 3.8) is 0 Å². The van der Waals surface area contributed by atoms with E-state index in [9.17, 15) is 0 Å². The van der Waals surface area contributed by atoms with Crippen molar-refractivity contribution in [2.45, 2.75) is 26.7 Å². The summed E-state index contributed by atoms with van der Waals surface area (Å²) in [6, 6.07) is 2.11. The Hall–Kier alpha value is -1.69. The molecule has 0 saturated carbocycles. The molecule has 2 aromatic rings. The van der Waals surface area contributed by atoms with Crippen molar-refractivity contribution < 1.29 is 0 Å². The Bertz CT molecular complexity index is 578. The maximum atomic E-state index is 4.41. The molecule has 20 heavy (non-hydrogen) atoms. The van der Waals surface area contributed by atoms with E-state index in [-0.39, 0.29) is 0 Å². The van der Waals surface area contributed by atoms with Crippen molar-refractivity contribution in [3.8, 4) is 0 Å². The van der Waals surface area contributed by atoms with Gasteiger partial charge < -0.3 is 10.2 Å². The molecule has 1 saturated heterocycles. The summed E-state index contributed by atoms with van der Waals surface area (Å²) in [6.07, 6.45) is 4.10. The minimum absolute atomic E-state index is 0.689. The maximum Gasteiger partial charge on any atom is 0.254 e. The zero-order valence-electron chi connectivity index (χ0n) is 12.2. The summed E-state index contributed by atoms with van der Waals surface area (Å²) in [6.45, 7) is 8.46. The summed E-state index contributed by atoms with van der Waals surface area (Å²) in [4.78, 5) is 11.0. The van der Waals surface area contributed by atoms with Gasteiger partial charge in [0.2, 0.25) is 0 Å². The first-order chi connectivity index (χ1) is 9.78. The monoisotopic (exact) mass is 274 g/mol. The SMILES string of the molecule is CCNCC1CCCN(c2cc(C)nc3ncnn23)C1. The first-order valence-corrected chi connectivity index (χ1v) is 7.41. The molecule has 0 aromatic carbocycles. The number of anilines is 1. The molecule has 1 unspecified atom stereocenters. The second-order valence-electron chi connectivity index (χ2n) is 5.49. The lowest BCUT2D eigenvalue weighted by atomic mass is 9.98. The third-order valence-electron chi connectivity index (χ3n) is 3.89. The van der Waals surface area contributed by atoms with Crippen LogP contribution in [0.3, 0.4) is 0 Å². The third kappa shape index (κ3) is 2.60. The van der Waals surface area contributed by atoms with Crippen LogP contribution in [-0.4, -0.2) is 45.8 Å². The number of hydrogen-bond acceptors (Lipinski definition) is 5. The van der Waals surface area contributed by atoms with Crippen LogP contribution in [0, 0.1) is 12.8 Å². The molecule has 108 valence electrons. The lowest BCUT2D eigenvalue weighted by Gasteiger charge is -2.34. The van der Waals surface area contributed by atoms with Crippen molar-refractivity contribution in [3.05, 3.63) is 18.1 Å². The zero-order valence-corrected chi connectivity index (χ0v) is 12.2. The molecule has 3 rings (SSSR count). The van der Waals surface area contributed by atoms with Crippen LogP contribution in [0.2, 0.25) is 0 Å². The molecule has 2 aromatic heterocycles. The molecule has 1 aliphatic rings. The van der Waals surface area contributed by atoms with E-state index in [2.05, 4.69) is 38.3 Å². The predicted molar refractivity (Wildman–Crippen MR) is 79.0 cm³/mol. The Morgan fingerprint density at radius 3 is 3.20 bits per heavy atom. The topological polar surface area (TPSA) is 58.3 Å². The van der Waals surface area contributed by atoms with Crippen molar-refractivity contribution in [2.24, 2.45) is 5.92 Å². The first kappa shape index (κ1) is 13.3. The van der Waals surface area contributed by atoms with Crippen LogP contribution < -0.4 is 10.2 Å². The fraction of sp³-hybridized carbons (Fsp3) is 0.643. The summed E-state index contributed by atoms with van der Waals surface area (Å²) in [5.41, 5.74) is 0.995. The number of nitrogens with zero attached hydrogens (tertiary/aromatic N) is 5. The molecule has 1 atom stereocenters. The number of hydrogen-bond donors (Lipinski definition) is 1. The summed E-state index contributed by atoms with van der Waals surface area (Å²) in [5, 5.41) is 7.77. The van der Waals surface area contributed by atoms with Crippen molar-refractivity contribution in [1.82, 2.24) is 24.9 Å². The summed E-state index contributed by atoms with van der Waals surface area (Å²) in [7, 11) is 0. The van der Waals surface area contributed by atoms with Crippen LogP contribution in [0.25, 0.3) is 5.78 Å². The number of fused-ring (bicyclic) bond motifs is 1. The second-order valence-corrected chi connectivity index (χ2v) is 5.49. The summed E-state index contributed by atoms with van der Waals surface area (Å²) < 4.78 is 1.85. The molecule has 6 heteroatoms. The highest BCUT2D eigenvalue weighted by atomic mass is 15.4. The molecule has 1 N–H and O–H groups in total. The van der Waals surface area contributed by atoms with Crippen LogP contribution in [0.4, 0.5) is 5.82 Å². The number of aromatic nitrogens is 4. The zero-order chi connectivity index (χ0) is 13.9. The first-order valence-electron chi connectivity index (χ1n) is 7.41. The number of piperidine rings is 1. The maximum absolute atomic E-state index is 4.41. The Labute approximate surface area is 119 Å². The van der Waals surface area contributed by atoms with Gasteiger partial charge in [0.15, 0.2) is 0 Å². The van der Waals surface area contributed by atoms with Gasteiger partial charge in [0.1, 0.15) is 12.1 Å². The van der Waals surface area contributed by atoms with E-state index >= 15 is 0 Å². The Morgan fingerprint density at radius 1 is 1.45 bits per heavy atom. The molecule has 6 nitrogen and oxygen atoms in total. The Kier molecular flexibility index (Phi) is 3.82. The van der Waals surface area contributed by atoms with Crippen LogP contribution in [0.15, 0.2) is 12.4 Å². The third-order valence-corrected chi connectivity index (χ3v) is 3.89. The predicted octanol–water partition coefficient (Wildman–Crippen LogP) is 1.26. The largest absolute Gasteiger partial charge is 0.356 e. The van der Waals surface area contributed by atoms with Gasteiger partial charge in [-0.25, -0.2) is 4.98 Å². The quantitative estimate of drug-likeness (QED) is 0.909. The average molecular weight is 274 g/mol. The molecule has 0 radical (unpaired) electrons. The Morgan fingerprint density at radius 2 is 2.35 bits per heavy atom. The van der Waals surface area contributed by atoms with Gasteiger partial charge >= 0.3 is 0 Å². The molecule has 1 aliphatic heterocycles. The van der Waals surface area contributed by atoms with Gasteiger partial charge in [-0.15, -0.1) is 0 Å². The van der Waals surface area contributed by atoms with Crippen molar-refractivity contribution in [2.75, 3.05) is 31.1 Å². The van der Waals surface area contributed by atoms with E-state index in [1.165, 1.54) is 12.8 Å². The molecule has 3 heterocycles. The molecule has 0 spiro atoms. The average Bonchev–Trinajstić information content (AvgIpc) is 2.92. The van der Waals surface area contributed by atoms with E-state index in [1.807, 2.05) is 11.4 Å². The molecule has 0 amide bonds. The molecule has 0 aliphatic carbocycles. The van der Waals surface area contributed by atoms with Gasteiger partial charge in [0.25, 0.3) is 5.78 Å². The van der Waals surface area contributed by atoms with E-state index in [0.717, 1.165) is 37.7 Å². The fourth-order valence-electron chi connectivity index (χ4n) is 2.92. The van der Waals surface area contributed by atoms with Crippen LogP contribution in [0.5, 0.6) is 0 Å². The van der Waals surface area contributed by atoms with Gasteiger partial charge in [-0.05, 0) is 38.8 Å². The van der Waals surface area contributed by atoms with Crippen LogP contribution in [-0.2, 0) is 0 Å². The highest BCUT2D eigenvalue weighted by molar-refractivity contribution is 5.47.